The van der Waals surface area contributed by atoms with Crippen molar-refractivity contribution in [3.05, 3.63) is 52.0 Å². The summed E-state index contributed by atoms with van der Waals surface area (Å²) in [5.74, 6) is 0.199. The molecule has 8 nitrogen and oxygen atoms in total. The molecule has 1 aromatic carbocycles. The number of H-pyrrole nitrogens is 1. The first kappa shape index (κ1) is 13.9. The standard InChI is InChI=1S/C14H12N4O4/c1-8-15-12(22-18-8)7-21-13(19)6-11-9-4-2-3-5-10(9)14(20)17-16-11/h2-5H,6-7H2,1H3,(H,17,20). The van der Waals surface area contributed by atoms with Crippen LogP contribution in [-0.2, 0) is 22.6 Å². The Bertz CT molecular complexity index is 884. The van der Waals surface area contributed by atoms with Gasteiger partial charge in [-0.05, 0) is 13.0 Å². The molecule has 0 atom stereocenters. The molecule has 8 heteroatoms. The molecule has 2 heterocycles. The van der Waals surface area contributed by atoms with Crippen molar-refractivity contribution >= 4 is 16.7 Å². The zero-order chi connectivity index (χ0) is 15.5. The second-order valence-electron chi connectivity index (χ2n) is 4.62. The van der Waals surface area contributed by atoms with Crippen LogP contribution in [0.4, 0.5) is 0 Å². The highest BCUT2D eigenvalue weighted by Crippen LogP contribution is 2.13. The van der Waals surface area contributed by atoms with Crippen LogP contribution in [0.5, 0.6) is 0 Å². The number of hydrogen-bond donors (Lipinski definition) is 1. The van der Waals surface area contributed by atoms with E-state index in [0.29, 0.717) is 22.3 Å². The van der Waals surface area contributed by atoms with Gasteiger partial charge in [0.05, 0.1) is 17.5 Å². The highest BCUT2D eigenvalue weighted by Gasteiger charge is 2.13. The van der Waals surface area contributed by atoms with E-state index in [1.165, 1.54) is 0 Å². The molecule has 0 saturated carbocycles. The van der Waals surface area contributed by atoms with Crippen molar-refractivity contribution in [1.29, 1.82) is 0 Å². The Hall–Kier alpha value is -3.03. The van der Waals surface area contributed by atoms with Crippen LogP contribution in [0.2, 0.25) is 0 Å². The molecule has 0 aliphatic carbocycles. The molecule has 1 N–H and O–H groups in total. The number of benzene rings is 1. The topological polar surface area (TPSA) is 111 Å². The number of aromatic amines is 1. The Morgan fingerprint density at radius 2 is 2.09 bits per heavy atom. The fraction of sp³-hybridized carbons (Fsp3) is 0.214. The van der Waals surface area contributed by atoms with E-state index >= 15 is 0 Å². The Balaban J connectivity index is 1.74. The lowest BCUT2D eigenvalue weighted by molar-refractivity contribution is -0.144. The van der Waals surface area contributed by atoms with Crippen molar-refractivity contribution in [2.45, 2.75) is 20.0 Å². The van der Waals surface area contributed by atoms with Crippen molar-refractivity contribution in [1.82, 2.24) is 20.3 Å². The van der Waals surface area contributed by atoms with E-state index in [1.54, 1.807) is 31.2 Å². The number of hydrogen-bond acceptors (Lipinski definition) is 7. The van der Waals surface area contributed by atoms with Crippen LogP contribution >= 0.6 is 0 Å². The number of aromatic nitrogens is 4. The van der Waals surface area contributed by atoms with Crippen LogP contribution in [0, 0.1) is 6.92 Å². The molecule has 0 amide bonds. The maximum atomic E-state index is 11.9. The summed E-state index contributed by atoms with van der Waals surface area (Å²) in [4.78, 5) is 27.5. The molecule has 0 saturated heterocycles. The molecule has 0 aliphatic rings. The summed E-state index contributed by atoms with van der Waals surface area (Å²) in [7, 11) is 0. The molecule has 3 aromatic rings. The molecule has 0 fully saturated rings. The summed E-state index contributed by atoms with van der Waals surface area (Å²) in [5, 5.41) is 11.0. The predicted octanol–water partition coefficient (Wildman–Crippen LogP) is 0.900. The van der Waals surface area contributed by atoms with Crippen LogP contribution in [0.25, 0.3) is 10.8 Å². The highest BCUT2D eigenvalue weighted by molar-refractivity contribution is 5.86. The third-order valence-electron chi connectivity index (χ3n) is 3.01. The zero-order valence-corrected chi connectivity index (χ0v) is 11.7. The molecule has 3 rings (SSSR count). The third-order valence-corrected chi connectivity index (χ3v) is 3.01. The molecule has 0 unspecified atom stereocenters. The Morgan fingerprint density at radius 3 is 2.82 bits per heavy atom. The second kappa shape index (κ2) is 5.76. The van der Waals surface area contributed by atoms with Crippen molar-refractivity contribution in [3.8, 4) is 0 Å². The van der Waals surface area contributed by atoms with Gasteiger partial charge in [-0.3, -0.25) is 9.59 Å². The average molecular weight is 300 g/mol. The summed E-state index contributed by atoms with van der Waals surface area (Å²) >= 11 is 0. The number of esters is 1. The van der Waals surface area contributed by atoms with Gasteiger partial charge in [-0.15, -0.1) is 0 Å². The lowest BCUT2D eigenvalue weighted by Gasteiger charge is -2.04. The number of carbonyl (C=O) groups excluding carboxylic acids is 1. The van der Waals surface area contributed by atoms with Gasteiger partial charge in [-0.25, -0.2) is 5.10 Å². The van der Waals surface area contributed by atoms with E-state index in [2.05, 4.69) is 20.3 Å². The summed E-state index contributed by atoms with van der Waals surface area (Å²) < 4.78 is 9.91. The van der Waals surface area contributed by atoms with Gasteiger partial charge in [0.2, 0.25) is 0 Å². The zero-order valence-electron chi connectivity index (χ0n) is 11.7. The molecule has 0 radical (unpaired) electrons. The van der Waals surface area contributed by atoms with Gasteiger partial charge in [0.1, 0.15) is 0 Å². The molecule has 0 spiro atoms. The van der Waals surface area contributed by atoms with E-state index < -0.39 is 5.97 Å². The van der Waals surface area contributed by atoms with Crippen LogP contribution in [-0.4, -0.2) is 26.3 Å². The minimum atomic E-state index is -0.499. The monoisotopic (exact) mass is 300 g/mol. The van der Waals surface area contributed by atoms with E-state index in [0.717, 1.165) is 0 Å². The lowest BCUT2D eigenvalue weighted by atomic mass is 10.1. The summed E-state index contributed by atoms with van der Waals surface area (Å²) in [5.41, 5.74) is 0.149. The van der Waals surface area contributed by atoms with Crippen LogP contribution in [0.15, 0.2) is 33.6 Å². The van der Waals surface area contributed by atoms with Crippen LogP contribution in [0.3, 0.4) is 0 Å². The quantitative estimate of drug-likeness (QED) is 0.712. The van der Waals surface area contributed by atoms with Crippen LogP contribution in [0.1, 0.15) is 17.4 Å². The average Bonchev–Trinajstić information content (AvgIpc) is 2.94. The first-order valence-corrected chi connectivity index (χ1v) is 6.54. The summed E-state index contributed by atoms with van der Waals surface area (Å²) in [6.07, 6.45) is -0.0651. The molecule has 0 aliphatic heterocycles. The fourth-order valence-corrected chi connectivity index (χ4v) is 2.03. The first-order chi connectivity index (χ1) is 10.6. The molecule has 2 aromatic heterocycles. The van der Waals surface area contributed by atoms with Gasteiger partial charge >= 0.3 is 5.97 Å². The van der Waals surface area contributed by atoms with Crippen molar-refractivity contribution in [3.63, 3.8) is 0 Å². The minimum absolute atomic E-state index is 0.0651. The molecule has 22 heavy (non-hydrogen) atoms. The SMILES string of the molecule is Cc1noc(COC(=O)Cc2n[nH]c(=O)c3ccccc23)n1. The molecule has 112 valence electrons. The first-order valence-electron chi connectivity index (χ1n) is 6.54. The van der Waals surface area contributed by atoms with Gasteiger partial charge in [0.15, 0.2) is 12.4 Å². The largest absolute Gasteiger partial charge is 0.455 e. The number of nitrogens with zero attached hydrogens (tertiary/aromatic N) is 3. The fourth-order valence-electron chi connectivity index (χ4n) is 2.03. The number of nitrogens with one attached hydrogen (secondary N) is 1. The van der Waals surface area contributed by atoms with Crippen molar-refractivity contribution in [2.75, 3.05) is 0 Å². The maximum absolute atomic E-state index is 11.9. The molecular formula is C14H12N4O4. The number of ether oxygens (including phenoxy) is 1. The Morgan fingerprint density at radius 1 is 1.32 bits per heavy atom. The smallest absolute Gasteiger partial charge is 0.312 e. The van der Waals surface area contributed by atoms with Gasteiger partial charge in [0.25, 0.3) is 11.4 Å². The number of rotatable bonds is 4. The van der Waals surface area contributed by atoms with Gasteiger partial charge in [-0.2, -0.15) is 10.1 Å². The van der Waals surface area contributed by atoms with Crippen molar-refractivity contribution < 1.29 is 14.1 Å². The summed E-state index contributed by atoms with van der Waals surface area (Å²) in [6.45, 7) is 1.58. The maximum Gasteiger partial charge on any atom is 0.312 e. The molecular weight excluding hydrogens is 288 g/mol. The number of aryl methyl sites for hydroxylation is 1. The van der Waals surface area contributed by atoms with Gasteiger partial charge in [0, 0.05) is 5.39 Å². The number of carbonyl (C=O) groups is 1. The number of fused-ring (bicyclic) bond motifs is 1. The van der Waals surface area contributed by atoms with E-state index in [-0.39, 0.29) is 24.5 Å². The summed E-state index contributed by atoms with van der Waals surface area (Å²) in [6, 6.07) is 6.94. The Labute approximate surface area is 124 Å². The minimum Gasteiger partial charge on any atom is -0.455 e. The van der Waals surface area contributed by atoms with Crippen molar-refractivity contribution in [2.24, 2.45) is 0 Å². The lowest BCUT2D eigenvalue weighted by Crippen LogP contribution is -2.15. The normalized spacial score (nSPS) is 10.8. The second-order valence-corrected chi connectivity index (χ2v) is 4.62. The molecule has 0 bridgehead atoms. The van der Waals surface area contributed by atoms with Gasteiger partial charge in [-0.1, -0.05) is 23.4 Å². The van der Waals surface area contributed by atoms with Gasteiger partial charge < -0.3 is 9.26 Å². The Kier molecular flexibility index (Phi) is 3.65. The van der Waals surface area contributed by atoms with E-state index in [9.17, 15) is 9.59 Å². The predicted molar refractivity (Wildman–Crippen MR) is 74.9 cm³/mol. The van der Waals surface area contributed by atoms with E-state index in [1.807, 2.05) is 0 Å². The highest BCUT2D eigenvalue weighted by atomic mass is 16.6. The third kappa shape index (κ3) is 2.85. The van der Waals surface area contributed by atoms with Crippen LogP contribution < -0.4 is 5.56 Å². The van der Waals surface area contributed by atoms with E-state index in [4.69, 9.17) is 9.26 Å².